The van der Waals surface area contributed by atoms with Crippen LogP contribution in [0.4, 0.5) is 0 Å². The Bertz CT molecular complexity index is 383. The number of hydrogen-bond acceptors (Lipinski definition) is 1. The highest BCUT2D eigenvalue weighted by molar-refractivity contribution is 6.30. The Kier molecular flexibility index (Phi) is 5.06. The Morgan fingerprint density at radius 3 is 2.62 bits per heavy atom. The molecule has 0 radical (unpaired) electrons. The van der Waals surface area contributed by atoms with Gasteiger partial charge in [0.15, 0.2) is 0 Å². The predicted molar refractivity (Wildman–Crippen MR) is 68.4 cm³/mol. The standard InChI is InChI=1S/C13H16ClNO/c1-3-15(4-2)13(16)9-8-11-6-5-7-12(14)10-11/h5-10H,3-4H2,1-2H3/b9-8+. The van der Waals surface area contributed by atoms with Gasteiger partial charge in [0.1, 0.15) is 0 Å². The molecule has 0 heterocycles. The van der Waals surface area contributed by atoms with Crippen molar-refractivity contribution in [1.29, 1.82) is 0 Å². The van der Waals surface area contributed by atoms with Gasteiger partial charge in [-0.3, -0.25) is 4.79 Å². The fraction of sp³-hybridized carbons (Fsp3) is 0.308. The fourth-order valence-electron chi connectivity index (χ4n) is 1.42. The highest BCUT2D eigenvalue weighted by Crippen LogP contribution is 2.11. The summed E-state index contributed by atoms with van der Waals surface area (Å²) in [6, 6.07) is 7.42. The molecule has 0 saturated carbocycles. The van der Waals surface area contributed by atoms with E-state index in [1.807, 2.05) is 38.1 Å². The molecule has 1 aromatic rings. The minimum Gasteiger partial charge on any atom is -0.340 e. The molecule has 3 heteroatoms. The normalized spacial score (nSPS) is 10.7. The van der Waals surface area contributed by atoms with E-state index in [9.17, 15) is 4.79 Å². The first kappa shape index (κ1) is 12.8. The largest absolute Gasteiger partial charge is 0.340 e. The second-order valence-corrected chi connectivity index (χ2v) is 3.84. The third kappa shape index (κ3) is 3.70. The van der Waals surface area contributed by atoms with Crippen molar-refractivity contribution in [3.8, 4) is 0 Å². The first-order valence-corrected chi connectivity index (χ1v) is 5.77. The second kappa shape index (κ2) is 6.33. The third-order valence-corrected chi connectivity index (χ3v) is 2.58. The average Bonchev–Trinajstić information content (AvgIpc) is 2.28. The molecule has 0 aliphatic rings. The minimum absolute atomic E-state index is 0.0324. The number of benzene rings is 1. The molecule has 0 fully saturated rings. The Hall–Kier alpha value is -1.28. The summed E-state index contributed by atoms with van der Waals surface area (Å²) >= 11 is 5.85. The summed E-state index contributed by atoms with van der Waals surface area (Å²) in [5.74, 6) is 0.0324. The summed E-state index contributed by atoms with van der Waals surface area (Å²) in [5.41, 5.74) is 0.938. The van der Waals surface area contributed by atoms with E-state index < -0.39 is 0 Å². The van der Waals surface area contributed by atoms with Gasteiger partial charge in [0.05, 0.1) is 0 Å². The van der Waals surface area contributed by atoms with Crippen LogP contribution in [0, 0.1) is 0 Å². The molecule has 0 saturated heterocycles. The zero-order valence-electron chi connectivity index (χ0n) is 9.61. The van der Waals surface area contributed by atoms with E-state index in [1.165, 1.54) is 0 Å². The van der Waals surface area contributed by atoms with E-state index in [-0.39, 0.29) is 5.91 Å². The SMILES string of the molecule is CCN(CC)C(=O)/C=C/c1cccc(Cl)c1. The van der Waals surface area contributed by atoms with E-state index in [0.29, 0.717) is 5.02 Å². The molecular formula is C13H16ClNO. The van der Waals surface area contributed by atoms with Gasteiger partial charge in [-0.15, -0.1) is 0 Å². The van der Waals surface area contributed by atoms with Crippen molar-refractivity contribution >= 4 is 23.6 Å². The lowest BCUT2D eigenvalue weighted by Gasteiger charge is -2.15. The molecule has 0 aromatic heterocycles. The van der Waals surface area contributed by atoms with Crippen molar-refractivity contribution in [3.05, 3.63) is 40.9 Å². The molecule has 0 aliphatic carbocycles. The van der Waals surface area contributed by atoms with Crippen LogP contribution in [0.5, 0.6) is 0 Å². The molecule has 0 aliphatic heterocycles. The predicted octanol–water partition coefficient (Wildman–Crippen LogP) is 3.22. The van der Waals surface area contributed by atoms with Crippen LogP contribution in [0.15, 0.2) is 30.3 Å². The number of hydrogen-bond donors (Lipinski definition) is 0. The zero-order valence-corrected chi connectivity index (χ0v) is 10.4. The minimum atomic E-state index is 0.0324. The van der Waals surface area contributed by atoms with Crippen LogP contribution < -0.4 is 0 Å². The number of likely N-dealkylation sites (N-methyl/N-ethyl adjacent to an activating group) is 1. The number of carbonyl (C=O) groups excluding carboxylic acids is 1. The number of carbonyl (C=O) groups is 1. The van der Waals surface area contributed by atoms with Crippen molar-refractivity contribution in [2.45, 2.75) is 13.8 Å². The van der Waals surface area contributed by atoms with Gasteiger partial charge >= 0.3 is 0 Å². The van der Waals surface area contributed by atoms with E-state index in [2.05, 4.69) is 0 Å². The van der Waals surface area contributed by atoms with Gasteiger partial charge < -0.3 is 4.90 Å². The summed E-state index contributed by atoms with van der Waals surface area (Å²) in [4.78, 5) is 13.4. The Balaban J connectivity index is 2.70. The van der Waals surface area contributed by atoms with Crippen LogP contribution >= 0.6 is 11.6 Å². The summed E-state index contributed by atoms with van der Waals surface area (Å²) < 4.78 is 0. The van der Waals surface area contributed by atoms with Gasteiger partial charge in [-0.1, -0.05) is 23.7 Å². The van der Waals surface area contributed by atoms with Crippen molar-refractivity contribution in [1.82, 2.24) is 4.90 Å². The zero-order chi connectivity index (χ0) is 12.0. The van der Waals surface area contributed by atoms with E-state index in [1.54, 1.807) is 17.1 Å². The molecule has 0 bridgehead atoms. The highest BCUT2D eigenvalue weighted by atomic mass is 35.5. The quantitative estimate of drug-likeness (QED) is 0.737. The van der Waals surface area contributed by atoms with Crippen LogP contribution in [-0.4, -0.2) is 23.9 Å². The number of halogens is 1. The Morgan fingerprint density at radius 1 is 1.38 bits per heavy atom. The third-order valence-electron chi connectivity index (χ3n) is 2.34. The molecule has 0 N–H and O–H groups in total. The molecule has 1 rings (SSSR count). The van der Waals surface area contributed by atoms with Gasteiger partial charge in [0, 0.05) is 24.2 Å². The summed E-state index contributed by atoms with van der Waals surface area (Å²) in [6.07, 6.45) is 3.37. The molecule has 86 valence electrons. The van der Waals surface area contributed by atoms with Crippen LogP contribution in [0.2, 0.25) is 5.02 Å². The Morgan fingerprint density at radius 2 is 2.06 bits per heavy atom. The first-order valence-electron chi connectivity index (χ1n) is 5.40. The van der Waals surface area contributed by atoms with E-state index in [0.717, 1.165) is 18.7 Å². The van der Waals surface area contributed by atoms with Crippen LogP contribution in [-0.2, 0) is 4.79 Å². The number of nitrogens with zero attached hydrogens (tertiary/aromatic N) is 1. The summed E-state index contributed by atoms with van der Waals surface area (Å²) in [5, 5.41) is 0.678. The maximum Gasteiger partial charge on any atom is 0.246 e. The lowest BCUT2D eigenvalue weighted by Crippen LogP contribution is -2.28. The van der Waals surface area contributed by atoms with Gasteiger partial charge in [-0.05, 0) is 37.6 Å². The maximum atomic E-state index is 11.7. The smallest absolute Gasteiger partial charge is 0.246 e. The van der Waals surface area contributed by atoms with Crippen LogP contribution in [0.1, 0.15) is 19.4 Å². The Labute approximate surface area is 102 Å². The second-order valence-electron chi connectivity index (χ2n) is 3.40. The van der Waals surface area contributed by atoms with Crippen LogP contribution in [0.25, 0.3) is 6.08 Å². The van der Waals surface area contributed by atoms with Gasteiger partial charge in [0.25, 0.3) is 0 Å². The summed E-state index contributed by atoms with van der Waals surface area (Å²) in [6.45, 7) is 5.40. The molecule has 1 aromatic carbocycles. The molecule has 2 nitrogen and oxygen atoms in total. The molecular weight excluding hydrogens is 222 g/mol. The van der Waals surface area contributed by atoms with Gasteiger partial charge in [0.2, 0.25) is 5.91 Å². The number of rotatable bonds is 4. The first-order chi connectivity index (χ1) is 7.67. The lowest BCUT2D eigenvalue weighted by atomic mass is 10.2. The van der Waals surface area contributed by atoms with Gasteiger partial charge in [-0.2, -0.15) is 0 Å². The van der Waals surface area contributed by atoms with Crippen molar-refractivity contribution in [3.63, 3.8) is 0 Å². The topological polar surface area (TPSA) is 20.3 Å². The molecule has 0 atom stereocenters. The lowest BCUT2D eigenvalue weighted by molar-refractivity contribution is -0.125. The maximum absolute atomic E-state index is 11.7. The van der Waals surface area contributed by atoms with E-state index in [4.69, 9.17) is 11.6 Å². The average molecular weight is 238 g/mol. The molecule has 16 heavy (non-hydrogen) atoms. The number of amides is 1. The van der Waals surface area contributed by atoms with Crippen LogP contribution in [0.3, 0.4) is 0 Å². The monoisotopic (exact) mass is 237 g/mol. The van der Waals surface area contributed by atoms with Crippen molar-refractivity contribution in [2.75, 3.05) is 13.1 Å². The van der Waals surface area contributed by atoms with Gasteiger partial charge in [-0.25, -0.2) is 0 Å². The van der Waals surface area contributed by atoms with Crippen molar-refractivity contribution in [2.24, 2.45) is 0 Å². The summed E-state index contributed by atoms with van der Waals surface area (Å²) in [7, 11) is 0. The molecule has 0 spiro atoms. The molecule has 1 amide bonds. The highest BCUT2D eigenvalue weighted by Gasteiger charge is 2.04. The van der Waals surface area contributed by atoms with Crippen molar-refractivity contribution < 1.29 is 4.79 Å². The molecule has 0 unspecified atom stereocenters. The fourth-order valence-corrected chi connectivity index (χ4v) is 1.62. The van der Waals surface area contributed by atoms with E-state index >= 15 is 0 Å².